The van der Waals surface area contributed by atoms with Gasteiger partial charge in [0.2, 0.25) is 0 Å². The summed E-state index contributed by atoms with van der Waals surface area (Å²) in [6.07, 6.45) is 0. The average Bonchev–Trinajstić information content (AvgIpc) is 2.28. The lowest BCUT2D eigenvalue weighted by Gasteiger charge is -2.20. The summed E-state index contributed by atoms with van der Waals surface area (Å²) >= 11 is 5.57. The molecule has 1 rings (SSSR count). The van der Waals surface area contributed by atoms with Crippen molar-refractivity contribution < 1.29 is 15.0 Å². The zero-order valence-corrected chi connectivity index (χ0v) is 9.74. The Morgan fingerprint density at radius 2 is 2.12 bits per heavy atom. The van der Waals surface area contributed by atoms with Crippen LogP contribution < -0.4 is 0 Å². The molecule has 0 saturated carbocycles. The molecule has 2 N–H and O–H groups in total. The van der Waals surface area contributed by atoms with Gasteiger partial charge in [0.05, 0.1) is 5.56 Å². The van der Waals surface area contributed by atoms with E-state index in [1.54, 1.807) is 0 Å². The van der Waals surface area contributed by atoms with E-state index < -0.39 is 0 Å². The summed E-state index contributed by atoms with van der Waals surface area (Å²) in [4.78, 5) is 13.4. The first-order chi connectivity index (χ1) is 7.60. The van der Waals surface area contributed by atoms with E-state index in [0.29, 0.717) is 19.0 Å². The number of phenols is 2. The summed E-state index contributed by atoms with van der Waals surface area (Å²) in [5.41, 5.74) is 0.0898. The van der Waals surface area contributed by atoms with Crippen molar-refractivity contribution in [3.05, 3.63) is 23.8 Å². The predicted molar refractivity (Wildman–Crippen MR) is 62.1 cm³/mol. The Balaban J connectivity index is 2.98. The molecule has 0 aliphatic heterocycles. The molecular formula is C11H14ClNO3. The molecule has 1 aromatic rings. The van der Waals surface area contributed by atoms with Crippen LogP contribution in [0.4, 0.5) is 0 Å². The second-order valence-electron chi connectivity index (χ2n) is 3.28. The van der Waals surface area contributed by atoms with Crippen LogP contribution in [0.25, 0.3) is 0 Å². The van der Waals surface area contributed by atoms with Crippen LogP contribution in [0, 0.1) is 0 Å². The van der Waals surface area contributed by atoms with Crippen LogP contribution in [0.1, 0.15) is 17.3 Å². The topological polar surface area (TPSA) is 60.8 Å². The number of benzene rings is 1. The van der Waals surface area contributed by atoms with Crippen molar-refractivity contribution in [3.63, 3.8) is 0 Å². The fourth-order valence-corrected chi connectivity index (χ4v) is 1.57. The number of alkyl halides is 1. The number of rotatable bonds is 4. The van der Waals surface area contributed by atoms with Gasteiger partial charge >= 0.3 is 0 Å². The van der Waals surface area contributed by atoms with Crippen LogP contribution in [-0.2, 0) is 0 Å². The van der Waals surface area contributed by atoms with Gasteiger partial charge in [0.15, 0.2) is 0 Å². The normalized spacial score (nSPS) is 10.1. The molecule has 0 saturated heterocycles. The first kappa shape index (κ1) is 12.6. The third-order valence-electron chi connectivity index (χ3n) is 2.23. The van der Waals surface area contributed by atoms with Crippen molar-refractivity contribution >= 4 is 17.5 Å². The van der Waals surface area contributed by atoms with Crippen molar-refractivity contribution in [1.29, 1.82) is 0 Å². The molecule has 88 valence electrons. The second-order valence-corrected chi connectivity index (χ2v) is 3.65. The smallest absolute Gasteiger partial charge is 0.257 e. The molecule has 0 atom stereocenters. The second kappa shape index (κ2) is 5.61. The molecule has 5 heteroatoms. The van der Waals surface area contributed by atoms with Crippen LogP contribution in [0.2, 0.25) is 0 Å². The van der Waals surface area contributed by atoms with Gasteiger partial charge in [0.25, 0.3) is 5.91 Å². The predicted octanol–water partition coefficient (Wildman–Crippen LogP) is 1.80. The SMILES string of the molecule is CCN(CCCl)C(=O)c1cc(O)ccc1O. The highest BCUT2D eigenvalue weighted by Gasteiger charge is 2.17. The summed E-state index contributed by atoms with van der Waals surface area (Å²) in [6, 6.07) is 3.86. The van der Waals surface area contributed by atoms with Crippen LogP contribution in [0.3, 0.4) is 0 Å². The number of carbonyl (C=O) groups is 1. The van der Waals surface area contributed by atoms with Gasteiger partial charge in [0, 0.05) is 19.0 Å². The van der Waals surface area contributed by atoms with E-state index in [9.17, 15) is 15.0 Å². The van der Waals surface area contributed by atoms with Crippen molar-refractivity contribution in [2.75, 3.05) is 19.0 Å². The number of hydrogen-bond acceptors (Lipinski definition) is 3. The number of hydrogen-bond donors (Lipinski definition) is 2. The lowest BCUT2D eigenvalue weighted by Crippen LogP contribution is -2.32. The summed E-state index contributed by atoms with van der Waals surface area (Å²) in [5.74, 6) is -0.199. The number of halogens is 1. The van der Waals surface area contributed by atoms with Crippen molar-refractivity contribution in [1.82, 2.24) is 4.90 Å². The van der Waals surface area contributed by atoms with Crippen molar-refractivity contribution in [2.24, 2.45) is 0 Å². The maximum Gasteiger partial charge on any atom is 0.257 e. The lowest BCUT2D eigenvalue weighted by atomic mass is 10.1. The largest absolute Gasteiger partial charge is 0.508 e. The quantitative estimate of drug-likeness (QED) is 0.626. The summed E-state index contributed by atoms with van der Waals surface area (Å²) in [5, 5.41) is 18.8. The minimum Gasteiger partial charge on any atom is -0.508 e. The Morgan fingerprint density at radius 3 is 2.69 bits per heavy atom. The van der Waals surface area contributed by atoms with Crippen molar-refractivity contribution in [3.8, 4) is 11.5 Å². The summed E-state index contributed by atoms with van der Waals surface area (Å²) < 4.78 is 0. The first-order valence-corrected chi connectivity index (χ1v) is 5.50. The Labute approximate surface area is 99.1 Å². The molecule has 0 aliphatic carbocycles. The Hall–Kier alpha value is -1.42. The Bertz CT molecular complexity index is 381. The van der Waals surface area contributed by atoms with Crippen LogP contribution in [-0.4, -0.2) is 40.0 Å². The molecular weight excluding hydrogens is 230 g/mol. The third kappa shape index (κ3) is 2.79. The molecule has 0 bridgehead atoms. The van der Waals surface area contributed by atoms with E-state index in [0.717, 1.165) is 0 Å². The number of aromatic hydroxyl groups is 2. The van der Waals surface area contributed by atoms with Gasteiger partial charge in [-0.2, -0.15) is 0 Å². The molecule has 1 amide bonds. The molecule has 16 heavy (non-hydrogen) atoms. The molecule has 0 fully saturated rings. The van der Waals surface area contributed by atoms with Crippen molar-refractivity contribution in [2.45, 2.75) is 6.92 Å². The van der Waals surface area contributed by atoms with E-state index in [2.05, 4.69) is 0 Å². The molecule has 0 radical (unpaired) electrons. The van der Waals surface area contributed by atoms with Gasteiger partial charge < -0.3 is 15.1 Å². The fraction of sp³-hybridized carbons (Fsp3) is 0.364. The minimum atomic E-state index is -0.337. The highest BCUT2D eigenvalue weighted by atomic mass is 35.5. The summed E-state index contributed by atoms with van der Waals surface area (Å²) in [6.45, 7) is 2.73. The van der Waals surface area contributed by atoms with Gasteiger partial charge in [-0.1, -0.05) is 0 Å². The van der Waals surface area contributed by atoms with Crippen LogP contribution in [0.5, 0.6) is 11.5 Å². The van der Waals surface area contributed by atoms with E-state index in [-0.39, 0.29) is 23.0 Å². The van der Waals surface area contributed by atoms with Gasteiger partial charge in [-0.25, -0.2) is 0 Å². The molecule has 4 nitrogen and oxygen atoms in total. The van der Waals surface area contributed by atoms with Crippen LogP contribution >= 0.6 is 11.6 Å². The highest BCUT2D eigenvalue weighted by Crippen LogP contribution is 2.23. The van der Waals surface area contributed by atoms with Gasteiger partial charge in [-0.3, -0.25) is 4.79 Å². The zero-order valence-electron chi connectivity index (χ0n) is 8.98. The fourth-order valence-electron chi connectivity index (χ4n) is 1.37. The first-order valence-electron chi connectivity index (χ1n) is 4.97. The van der Waals surface area contributed by atoms with Gasteiger partial charge in [-0.05, 0) is 25.1 Å². The van der Waals surface area contributed by atoms with Gasteiger partial charge in [-0.15, -0.1) is 11.6 Å². The van der Waals surface area contributed by atoms with Crippen LogP contribution in [0.15, 0.2) is 18.2 Å². The average molecular weight is 244 g/mol. The van der Waals surface area contributed by atoms with E-state index in [1.807, 2.05) is 6.92 Å². The number of nitrogens with zero attached hydrogens (tertiary/aromatic N) is 1. The molecule has 1 aromatic carbocycles. The molecule has 0 aliphatic rings. The zero-order chi connectivity index (χ0) is 12.1. The lowest BCUT2D eigenvalue weighted by molar-refractivity contribution is 0.0770. The standard InChI is InChI=1S/C11H14ClNO3/c1-2-13(6-5-12)11(16)9-7-8(14)3-4-10(9)15/h3-4,7,14-15H,2,5-6H2,1H3. The maximum absolute atomic E-state index is 11.9. The molecule has 0 aromatic heterocycles. The molecule has 0 unspecified atom stereocenters. The molecule has 0 heterocycles. The minimum absolute atomic E-state index is 0.0527. The summed E-state index contributed by atoms with van der Waals surface area (Å²) in [7, 11) is 0. The van der Waals surface area contributed by atoms with E-state index in [4.69, 9.17) is 11.6 Å². The third-order valence-corrected chi connectivity index (χ3v) is 2.40. The number of amides is 1. The number of carbonyl (C=O) groups excluding carboxylic acids is 1. The molecule has 0 spiro atoms. The highest BCUT2D eigenvalue weighted by molar-refractivity contribution is 6.18. The maximum atomic E-state index is 11.9. The van der Waals surface area contributed by atoms with E-state index >= 15 is 0 Å². The Kier molecular flexibility index (Phi) is 4.43. The van der Waals surface area contributed by atoms with E-state index in [1.165, 1.54) is 23.1 Å². The monoisotopic (exact) mass is 243 g/mol. The number of phenolic OH excluding ortho intramolecular Hbond substituents is 2. The van der Waals surface area contributed by atoms with Gasteiger partial charge in [0.1, 0.15) is 11.5 Å². The Morgan fingerprint density at radius 1 is 1.44 bits per heavy atom.